The first-order valence-corrected chi connectivity index (χ1v) is 7.66. The van der Waals surface area contributed by atoms with Crippen LogP contribution in [-0.4, -0.2) is 11.9 Å². The van der Waals surface area contributed by atoms with E-state index in [1.807, 2.05) is 55.5 Å². The molecule has 0 saturated heterocycles. The van der Waals surface area contributed by atoms with Gasteiger partial charge in [0.15, 0.2) is 5.90 Å². The van der Waals surface area contributed by atoms with Crippen molar-refractivity contribution in [2.75, 3.05) is 0 Å². The zero-order valence-electron chi connectivity index (χ0n) is 13.1. The van der Waals surface area contributed by atoms with Crippen LogP contribution < -0.4 is 0 Å². The molecule has 0 aliphatic rings. The second kappa shape index (κ2) is 8.13. The summed E-state index contributed by atoms with van der Waals surface area (Å²) < 4.78 is 5.43. The van der Waals surface area contributed by atoms with Gasteiger partial charge in [-0.15, -0.1) is 0 Å². The maximum absolute atomic E-state index is 12.3. The van der Waals surface area contributed by atoms with Crippen molar-refractivity contribution in [1.29, 1.82) is 0 Å². The largest absolute Gasteiger partial charge is 0.408 e. The predicted octanol–water partition coefficient (Wildman–Crippen LogP) is 4.94. The second-order valence-corrected chi connectivity index (χ2v) is 5.03. The number of esters is 1. The van der Waals surface area contributed by atoms with Crippen molar-refractivity contribution in [1.82, 2.24) is 0 Å². The fraction of sp³-hybridized carbons (Fsp3) is 0.263. The van der Waals surface area contributed by atoms with E-state index in [-0.39, 0.29) is 5.97 Å². The van der Waals surface area contributed by atoms with Crippen LogP contribution in [0.5, 0.6) is 0 Å². The number of para-hydroxylation sites is 1. The van der Waals surface area contributed by atoms with E-state index < -0.39 is 0 Å². The Balaban J connectivity index is 2.12. The fourth-order valence-electron chi connectivity index (χ4n) is 2.13. The molecule has 0 fully saturated rings. The van der Waals surface area contributed by atoms with Crippen molar-refractivity contribution in [3.05, 3.63) is 65.7 Å². The minimum atomic E-state index is -0.352. The molecule has 0 bridgehead atoms. The van der Waals surface area contributed by atoms with Gasteiger partial charge in [0, 0.05) is 6.42 Å². The highest BCUT2D eigenvalue weighted by atomic mass is 16.5. The summed E-state index contributed by atoms with van der Waals surface area (Å²) in [4.78, 5) is 16.6. The third-order valence-corrected chi connectivity index (χ3v) is 3.22. The molecule has 0 spiro atoms. The molecule has 0 heterocycles. The van der Waals surface area contributed by atoms with Gasteiger partial charge in [0.1, 0.15) is 0 Å². The summed E-state index contributed by atoms with van der Waals surface area (Å²) in [6.45, 7) is 4.04. The van der Waals surface area contributed by atoms with Crippen molar-refractivity contribution >= 4 is 17.6 Å². The zero-order valence-corrected chi connectivity index (χ0v) is 13.1. The van der Waals surface area contributed by atoms with E-state index in [4.69, 9.17) is 4.74 Å². The van der Waals surface area contributed by atoms with Crippen molar-refractivity contribution in [2.45, 2.75) is 33.1 Å². The van der Waals surface area contributed by atoms with E-state index in [1.165, 1.54) is 0 Å². The van der Waals surface area contributed by atoms with Crippen LogP contribution >= 0.6 is 0 Å². The first kappa shape index (κ1) is 16.0. The molecule has 0 atom stereocenters. The summed E-state index contributed by atoms with van der Waals surface area (Å²) >= 11 is 0. The Morgan fingerprint density at radius 2 is 1.82 bits per heavy atom. The molecule has 0 unspecified atom stereocenters. The van der Waals surface area contributed by atoms with Gasteiger partial charge >= 0.3 is 5.97 Å². The summed E-state index contributed by atoms with van der Waals surface area (Å²) in [6, 6.07) is 17.1. The molecule has 0 amide bonds. The maximum Gasteiger partial charge on any atom is 0.344 e. The Morgan fingerprint density at radius 3 is 2.50 bits per heavy atom. The van der Waals surface area contributed by atoms with E-state index >= 15 is 0 Å². The normalized spacial score (nSPS) is 11.3. The number of hydrogen-bond acceptors (Lipinski definition) is 3. The second-order valence-electron chi connectivity index (χ2n) is 5.03. The Bertz CT molecular complexity index is 647. The fourth-order valence-corrected chi connectivity index (χ4v) is 2.13. The molecule has 0 aliphatic carbocycles. The van der Waals surface area contributed by atoms with Crippen molar-refractivity contribution < 1.29 is 9.53 Å². The lowest BCUT2D eigenvalue weighted by atomic mass is 10.1. The molecule has 3 nitrogen and oxygen atoms in total. The van der Waals surface area contributed by atoms with E-state index in [0.717, 1.165) is 24.1 Å². The summed E-state index contributed by atoms with van der Waals surface area (Å²) in [6.07, 6.45) is 2.57. The lowest BCUT2D eigenvalue weighted by Crippen LogP contribution is -2.12. The van der Waals surface area contributed by atoms with Gasteiger partial charge in [-0.1, -0.05) is 50.6 Å². The van der Waals surface area contributed by atoms with Gasteiger partial charge in [0.05, 0.1) is 11.3 Å². The number of nitrogens with zero attached hydrogens (tertiary/aromatic N) is 1. The Labute approximate surface area is 131 Å². The topological polar surface area (TPSA) is 38.7 Å². The van der Waals surface area contributed by atoms with Crippen LogP contribution in [0.25, 0.3) is 0 Å². The first-order chi connectivity index (χ1) is 10.7. The quantitative estimate of drug-likeness (QED) is 0.445. The monoisotopic (exact) mass is 295 g/mol. The highest BCUT2D eigenvalue weighted by Crippen LogP contribution is 2.13. The number of ether oxygens (including phenoxy) is 1. The number of aryl methyl sites for hydroxylation is 1. The molecule has 0 N–H and O–H groups in total. The smallest absolute Gasteiger partial charge is 0.344 e. The summed E-state index contributed by atoms with van der Waals surface area (Å²) in [5.41, 5.74) is 2.50. The molecule has 2 aromatic rings. The van der Waals surface area contributed by atoms with E-state index in [2.05, 4.69) is 11.9 Å². The minimum absolute atomic E-state index is 0.352. The maximum atomic E-state index is 12.3. The van der Waals surface area contributed by atoms with Gasteiger partial charge in [-0.3, -0.25) is 0 Å². The number of carbonyl (C=O) groups excluding carboxylic acids is 1. The molecule has 0 aliphatic heterocycles. The van der Waals surface area contributed by atoms with Crippen LogP contribution in [0.3, 0.4) is 0 Å². The summed E-state index contributed by atoms with van der Waals surface area (Å²) in [5, 5.41) is 0. The SMILES string of the molecule is CCCc1cccc(C(=O)OC(CC)=Nc2ccccc2)c1. The van der Waals surface area contributed by atoms with Gasteiger partial charge in [0.25, 0.3) is 0 Å². The number of carbonyl (C=O) groups is 1. The highest BCUT2D eigenvalue weighted by Gasteiger charge is 2.11. The molecule has 2 aromatic carbocycles. The molecular weight excluding hydrogens is 274 g/mol. The van der Waals surface area contributed by atoms with Crippen LogP contribution in [-0.2, 0) is 11.2 Å². The van der Waals surface area contributed by atoms with Crippen LogP contribution in [0.2, 0.25) is 0 Å². The molecular formula is C19H21NO2. The van der Waals surface area contributed by atoms with Gasteiger partial charge in [-0.2, -0.15) is 0 Å². The van der Waals surface area contributed by atoms with Crippen LogP contribution in [0.4, 0.5) is 5.69 Å². The first-order valence-electron chi connectivity index (χ1n) is 7.66. The van der Waals surface area contributed by atoms with Gasteiger partial charge in [-0.05, 0) is 36.2 Å². The molecule has 0 aromatic heterocycles. The highest BCUT2D eigenvalue weighted by molar-refractivity contribution is 5.99. The van der Waals surface area contributed by atoms with Crippen molar-refractivity contribution in [2.24, 2.45) is 4.99 Å². The van der Waals surface area contributed by atoms with E-state index in [9.17, 15) is 4.79 Å². The molecule has 2 rings (SSSR count). The van der Waals surface area contributed by atoms with Crippen LogP contribution in [0.1, 0.15) is 42.6 Å². The minimum Gasteiger partial charge on any atom is -0.408 e. The molecule has 3 heteroatoms. The Morgan fingerprint density at radius 1 is 1.05 bits per heavy atom. The van der Waals surface area contributed by atoms with Crippen LogP contribution in [0, 0.1) is 0 Å². The average molecular weight is 295 g/mol. The van der Waals surface area contributed by atoms with Crippen molar-refractivity contribution in [3.63, 3.8) is 0 Å². The average Bonchev–Trinajstić information content (AvgIpc) is 2.55. The Hall–Kier alpha value is -2.42. The molecule has 114 valence electrons. The van der Waals surface area contributed by atoms with Gasteiger partial charge in [0.2, 0.25) is 0 Å². The predicted molar refractivity (Wildman–Crippen MR) is 89.7 cm³/mol. The van der Waals surface area contributed by atoms with E-state index in [0.29, 0.717) is 17.9 Å². The third-order valence-electron chi connectivity index (χ3n) is 3.22. The third kappa shape index (κ3) is 4.55. The lowest BCUT2D eigenvalue weighted by molar-refractivity contribution is 0.0712. The summed E-state index contributed by atoms with van der Waals surface area (Å²) in [7, 11) is 0. The van der Waals surface area contributed by atoms with Crippen molar-refractivity contribution in [3.8, 4) is 0 Å². The molecule has 0 radical (unpaired) electrons. The Kier molecular flexibility index (Phi) is 5.90. The van der Waals surface area contributed by atoms with E-state index in [1.54, 1.807) is 6.07 Å². The lowest BCUT2D eigenvalue weighted by Gasteiger charge is -2.07. The number of rotatable bonds is 5. The number of hydrogen-bond donors (Lipinski definition) is 0. The molecule has 22 heavy (non-hydrogen) atoms. The van der Waals surface area contributed by atoms with Crippen LogP contribution in [0.15, 0.2) is 59.6 Å². The summed E-state index contributed by atoms with van der Waals surface area (Å²) in [5.74, 6) is 0.0755. The molecule has 0 saturated carbocycles. The number of benzene rings is 2. The van der Waals surface area contributed by atoms with Gasteiger partial charge in [-0.25, -0.2) is 9.79 Å². The standard InChI is InChI=1S/C19H21NO2/c1-3-9-15-10-8-11-16(14-15)19(21)22-18(4-2)20-17-12-6-5-7-13-17/h5-8,10-14H,3-4,9H2,1-2H3. The zero-order chi connectivity index (χ0) is 15.8. The van der Waals surface area contributed by atoms with Gasteiger partial charge < -0.3 is 4.74 Å². The number of aliphatic imine (C=N–C) groups is 1.